The molecule has 3 aromatic carbocycles. The van der Waals surface area contributed by atoms with E-state index in [-0.39, 0.29) is 11.8 Å². The van der Waals surface area contributed by atoms with E-state index in [0.29, 0.717) is 24.2 Å². The second-order valence-corrected chi connectivity index (χ2v) is 7.64. The summed E-state index contributed by atoms with van der Waals surface area (Å²) in [6.45, 7) is 4.57. The van der Waals surface area contributed by atoms with Crippen LogP contribution in [-0.4, -0.2) is 24.4 Å². The van der Waals surface area contributed by atoms with Crippen molar-refractivity contribution in [3.63, 3.8) is 0 Å². The Balaban J connectivity index is 1.80. The molecule has 5 heteroatoms. The van der Waals surface area contributed by atoms with Crippen LogP contribution in [0.4, 0.5) is 5.69 Å². The van der Waals surface area contributed by atoms with Crippen LogP contribution < -0.4 is 16.4 Å². The van der Waals surface area contributed by atoms with Gasteiger partial charge in [-0.3, -0.25) is 9.59 Å². The summed E-state index contributed by atoms with van der Waals surface area (Å²) in [4.78, 5) is 26.0. The van der Waals surface area contributed by atoms with E-state index in [1.165, 1.54) is 0 Å². The molecule has 0 saturated heterocycles. The predicted molar refractivity (Wildman–Crippen MR) is 123 cm³/mol. The SMILES string of the molecule is Cc1ccc(NC(=O)[C@H](CCCCN)NC(=O)c2ccc(C)c3ccccc23)cc1. The summed E-state index contributed by atoms with van der Waals surface area (Å²) >= 11 is 0. The molecule has 5 nitrogen and oxygen atoms in total. The van der Waals surface area contributed by atoms with E-state index in [4.69, 9.17) is 5.73 Å². The Morgan fingerprint density at radius 3 is 2.30 bits per heavy atom. The van der Waals surface area contributed by atoms with Crippen molar-refractivity contribution in [1.82, 2.24) is 5.32 Å². The van der Waals surface area contributed by atoms with E-state index in [9.17, 15) is 9.59 Å². The summed E-state index contributed by atoms with van der Waals surface area (Å²) in [5.74, 6) is -0.469. The Bertz CT molecular complexity index is 1030. The van der Waals surface area contributed by atoms with Crippen molar-refractivity contribution in [2.24, 2.45) is 5.73 Å². The van der Waals surface area contributed by atoms with Crippen molar-refractivity contribution in [2.45, 2.75) is 39.2 Å². The first-order valence-corrected chi connectivity index (χ1v) is 10.4. The molecule has 0 bridgehead atoms. The molecule has 0 aliphatic heterocycles. The molecule has 156 valence electrons. The highest BCUT2D eigenvalue weighted by molar-refractivity contribution is 6.09. The average molecular weight is 404 g/mol. The first-order chi connectivity index (χ1) is 14.5. The molecule has 2 amide bonds. The zero-order valence-electron chi connectivity index (χ0n) is 17.6. The lowest BCUT2D eigenvalue weighted by molar-refractivity contribution is -0.118. The number of carbonyl (C=O) groups excluding carboxylic acids is 2. The van der Waals surface area contributed by atoms with Crippen LogP contribution in [-0.2, 0) is 4.79 Å². The fraction of sp³-hybridized carbons (Fsp3) is 0.280. The molecule has 0 aliphatic carbocycles. The number of amides is 2. The van der Waals surface area contributed by atoms with Gasteiger partial charge in [-0.15, -0.1) is 0 Å². The highest BCUT2D eigenvalue weighted by Gasteiger charge is 2.22. The molecule has 0 radical (unpaired) electrons. The number of hydrogen-bond acceptors (Lipinski definition) is 3. The normalized spacial score (nSPS) is 11.8. The number of benzene rings is 3. The second-order valence-electron chi connectivity index (χ2n) is 7.64. The third-order valence-corrected chi connectivity index (χ3v) is 5.27. The van der Waals surface area contributed by atoms with Gasteiger partial charge in [0.25, 0.3) is 5.91 Å². The number of unbranched alkanes of at least 4 members (excludes halogenated alkanes) is 1. The van der Waals surface area contributed by atoms with Crippen molar-refractivity contribution in [1.29, 1.82) is 0 Å². The highest BCUT2D eigenvalue weighted by Crippen LogP contribution is 2.22. The Labute approximate surface area is 177 Å². The zero-order chi connectivity index (χ0) is 21.5. The van der Waals surface area contributed by atoms with E-state index >= 15 is 0 Å². The largest absolute Gasteiger partial charge is 0.340 e. The molecular formula is C25H29N3O2. The van der Waals surface area contributed by atoms with Crippen molar-refractivity contribution in [3.05, 3.63) is 77.4 Å². The molecule has 1 atom stereocenters. The van der Waals surface area contributed by atoms with Gasteiger partial charge in [-0.2, -0.15) is 0 Å². The number of nitrogens with two attached hydrogens (primary N) is 1. The van der Waals surface area contributed by atoms with Gasteiger partial charge in [0.1, 0.15) is 6.04 Å². The van der Waals surface area contributed by atoms with Gasteiger partial charge in [-0.25, -0.2) is 0 Å². The number of aryl methyl sites for hydroxylation is 2. The van der Waals surface area contributed by atoms with Crippen LogP contribution in [0.3, 0.4) is 0 Å². The Kier molecular flexibility index (Phi) is 7.20. The monoisotopic (exact) mass is 403 g/mol. The summed E-state index contributed by atoms with van der Waals surface area (Å²) < 4.78 is 0. The summed E-state index contributed by atoms with van der Waals surface area (Å²) in [5.41, 5.74) is 9.12. The van der Waals surface area contributed by atoms with Gasteiger partial charge in [-0.1, -0.05) is 48.0 Å². The quantitative estimate of drug-likeness (QED) is 0.490. The minimum atomic E-state index is -0.634. The first kappa shape index (κ1) is 21.5. The van der Waals surface area contributed by atoms with Crippen LogP contribution in [0.2, 0.25) is 0 Å². The first-order valence-electron chi connectivity index (χ1n) is 10.4. The van der Waals surface area contributed by atoms with E-state index in [2.05, 4.69) is 10.6 Å². The number of fused-ring (bicyclic) bond motifs is 1. The maximum Gasteiger partial charge on any atom is 0.252 e. The number of hydrogen-bond donors (Lipinski definition) is 3. The molecule has 4 N–H and O–H groups in total. The lowest BCUT2D eigenvalue weighted by Gasteiger charge is -2.19. The zero-order valence-corrected chi connectivity index (χ0v) is 17.6. The maximum atomic E-state index is 13.1. The van der Waals surface area contributed by atoms with Crippen LogP contribution in [0.5, 0.6) is 0 Å². The number of nitrogens with one attached hydrogen (secondary N) is 2. The molecule has 0 fully saturated rings. The topological polar surface area (TPSA) is 84.2 Å². The van der Waals surface area contributed by atoms with Gasteiger partial charge in [0.15, 0.2) is 0 Å². The van der Waals surface area contributed by atoms with Gasteiger partial charge in [0.05, 0.1) is 0 Å². The molecule has 0 aliphatic rings. The highest BCUT2D eigenvalue weighted by atomic mass is 16.2. The molecule has 0 unspecified atom stereocenters. The number of rotatable bonds is 8. The number of anilines is 1. The van der Waals surface area contributed by atoms with Gasteiger partial charge >= 0.3 is 0 Å². The molecule has 3 rings (SSSR count). The van der Waals surface area contributed by atoms with Gasteiger partial charge in [0.2, 0.25) is 5.91 Å². The standard InChI is InChI=1S/C25H29N3O2/c1-17-10-13-19(14-11-17)27-25(30)23(9-5-6-16-26)28-24(29)22-15-12-18(2)20-7-3-4-8-21(20)22/h3-4,7-8,10-15,23H,5-6,9,16,26H2,1-2H3,(H,27,30)(H,28,29)/t23-/m0/s1. The van der Waals surface area contributed by atoms with Crippen molar-refractivity contribution < 1.29 is 9.59 Å². The fourth-order valence-corrected chi connectivity index (χ4v) is 3.51. The molecular weight excluding hydrogens is 374 g/mol. The Hall–Kier alpha value is -3.18. The third kappa shape index (κ3) is 5.24. The van der Waals surface area contributed by atoms with E-state index in [0.717, 1.165) is 34.7 Å². The van der Waals surface area contributed by atoms with Crippen LogP contribution in [0.25, 0.3) is 10.8 Å². The molecule has 0 spiro atoms. The van der Waals surface area contributed by atoms with Crippen LogP contribution >= 0.6 is 0 Å². The Morgan fingerprint density at radius 2 is 1.60 bits per heavy atom. The molecule has 0 heterocycles. The van der Waals surface area contributed by atoms with E-state index in [1.807, 2.05) is 74.5 Å². The van der Waals surface area contributed by atoms with Crippen molar-refractivity contribution in [2.75, 3.05) is 11.9 Å². The van der Waals surface area contributed by atoms with Crippen molar-refractivity contribution >= 4 is 28.3 Å². The summed E-state index contributed by atoms with van der Waals surface area (Å²) in [7, 11) is 0. The van der Waals surface area contributed by atoms with E-state index in [1.54, 1.807) is 0 Å². The fourth-order valence-electron chi connectivity index (χ4n) is 3.51. The smallest absolute Gasteiger partial charge is 0.252 e. The molecule has 0 saturated carbocycles. The average Bonchev–Trinajstić information content (AvgIpc) is 2.75. The third-order valence-electron chi connectivity index (χ3n) is 5.27. The minimum Gasteiger partial charge on any atom is -0.340 e. The van der Waals surface area contributed by atoms with Gasteiger partial charge < -0.3 is 16.4 Å². The predicted octanol–water partition coefficient (Wildman–Crippen LogP) is 4.32. The lowest BCUT2D eigenvalue weighted by Crippen LogP contribution is -2.44. The van der Waals surface area contributed by atoms with Gasteiger partial charge in [-0.05, 0) is 74.2 Å². The van der Waals surface area contributed by atoms with Crippen LogP contribution in [0.1, 0.15) is 40.7 Å². The summed E-state index contributed by atoms with van der Waals surface area (Å²) in [6.07, 6.45) is 2.10. The van der Waals surface area contributed by atoms with E-state index < -0.39 is 6.04 Å². The molecule has 3 aromatic rings. The minimum absolute atomic E-state index is 0.222. The summed E-state index contributed by atoms with van der Waals surface area (Å²) in [5, 5.41) is 7.78. The van der Waals surface area contributed by atoms with Gasteiger partial charge in [0, 0.05) is 11.3 Å². The molecule has 30 heavy (non-hydrogen) atoms. The van der Waals surface area contributed by atoms with Crippen LogP contribution in [0, 0.1) is 13.8 Å². The lowest BCUT2D eigenvalue weighted by atomic mass is 9.99. The van der Waals surface area contributed by atoms with Crippen molar-refractivity contribution in [3.8, 4) is 0 Å². The second kappa shape index (κ2) is 10.0. The molecule has 0 aromatic heterocycles. The maximum absolute atomic E-state index is 13.1. The van der Waals surface area contributed by atoms with Crippen LogP contribution in [0.15, 0.2) is 60.7 Å². The Morgan fingerprint density at radius 1 is 0.900 bits per heavy atom. The summed E-state index contributed by atoms with van der Waals surface area (Å²) in [6, 6.07) is 18.5. The number of carbonyl (C=O) groups is 2.